The SMILES string of the molecule is Cc1cccc2sc(NC(=O)c3ccc(CNC(=O)OC(C)(C)C)cc3)nc12. The Bertz CT molecular complexity index is 1000. The van der Waals surface area contributed by atoms with Crippen LogP contribution in [0.2, 0.25) is 0 Å². The van der Waals surface area contributed by atoms with Gasteiger partial charge in [-0.3, -0.25) is 10.1 Å². The predicted molar refractivity (Wildman–Crippen MR) is 112 cm³/mol. The lowest BCUT2D eigenvalue weighted by atomic mass is 10.1. The fraction of sp³-hybridized carbons (Fsp3) is 0.286. The van der Waals surface area contributed by atoms with E-state index in [1.165, 1.54) is 11.3 Å². The lowest BCUT2D eigenvalue weighted by Crippen LogP contribution is -2.32. The van der Waals surface area contributed by atoms with Gasteiger partial charge < -0.3 is 10.1 Å². The number of para-hydroxylation sites is 1. The highest BCUT2D eigenvalue weighted by Crippen LogP contribution is 2.28. The molecule has 0 bridgehead atoms. The number of hydrogen-bond acceptors (Lipinski definition) is 5. The summed E-state index contributed by atoms with van der Waals surface area (Å²) in [5.41, 5.74) is 2.85. The average Bonchev–Trinajstić information content (AvgIpc) is 3.03. The maximum absolute atomic E-state index is 12.5. The lowest BCUT2D eigenvalue weighted by Gasteiger charge is -2.19. The molecule has 3 rings (SSSR count). The number of nitrogens with zero attached hydrogens (tertiary/aromatic N) is 1. The number of aromatic nitrogens is 1. The largest absolute Gasteiger partial charge is 0.444 e. The third-order valence-electron chi connectivity index (χ3n) is 3.89. The molecule has 2 N–H and O–H groups in total. The number of carbonyl (C=O) groups is 2. The number of benzene rings is 2. The second-order valence-electron chi connectivity index (χ2n) is 7.45. The molecule has 0 atom stereocenters. The molecule has 0 aliphatic carbocycles. The summed E-state index contributed by atoms with van der Waals surface area (Å²) >= 11 is 1.45. The first kappa shape index (κ1) is 19.8. The molecule has 0 aliphatic rings. The zero-order valence-corrected chi connectivity index (χ0v) is 17.1. The molecule has 146 valence electrons. The molecule has 0 saturated carbocycles. The van der Waals surface area contributed by atoms with Crippen LogP contribution >= 0.6 is 11.3 Å². The van der Waals surface area contributed by atoms with Crippen molar-refractivity contribution in [1.82, 2.24) is 10.3 Å². The van der Waals surface area contributed by atoms with E-state index in [9.17, 15) is 9.59 Å². The standard InChI is InChI=1S/C21H23N3O3S/c1-13-6-5-7-16-17(13)23-19(28-16)24-18(25)15-10-8-14(9-11-15)12-22-20(26)27-21(2,3)4/h5-11H,12H2,1-4H3,(H,22,26)(H,23,24,25). The van der Waals surface area contributed by atoms with Gasteiger partial charge in [-0.15, -0.1) is 0 Å². The van der Waals surface area contributed by atoms with Crippen LogP contribution in [0.4, 0.5) is 9.93 Å². The van der Waals surface area contributed by atoms with E-state index in [-0.39, 0.29) is 5.91 Å². The number of fused-ring (bicyclic) bond motifs is 1. The van der Waals surface area contributed by atoms with E-state index in [2.05, 4.69) is 15.6 Å². The van der Waals surface area contributed by atoms with Crippen LogP contribution in [-0.4, -0.2) is 22.6 Å². The molecule has 28 heavy (non-hydrogen) atoms. The highest BCUT2D eigenvalue weighted by atomic mass is 32.1. The van der Waals surface area contributed by atoms with Gasteiger partial charge in [-0.05, 0) is 57.0 Å². The Hall–Kier alpha value is -2.93. The molecule has 0 aliphatic heterocycles. The Morgan fingerprint density at radius 3 is 2.46 bits per heavy atom. The van der Waals surface area contributed by atoms with Crippen molar-refractivity contribution >= 4 is 38.7 Å². The molecule has 6 nitrogen and oxygen atoms in total. The molecule has 7 heteroatoms. The number of carbonyl (C=O) groups excluding carboxylic acids is 2. The molecular weight excluding hydrogens is 374 g/mol. The van der Waals surface area contributed by atoms with Crippen LogP contribution in [0.5, 0.6) is 0 Å². The number of alkyl carbamates (subject to hydrolysis) is 1. The smallest absolute Gasteiger partial charge is 0.407 e. The first-order valence-corrected chi connectivity index (χ1v) is 9.76. The Labute approximate surface area is 167 Å². The minimum absolute atomic E-state index is 0.219. The Morgan fingerprint density at radius 2 is 1.82 bits per heavy atom. The number of ether oxygens (including phenoxy) is 1. The Balaban J connectivity index is 1.60. The highest BCUT2D eigenvalue weighted by Gasteiger charge is 2.16. The quantitative estimate of drug-likeness (QED) is 0.657. The summed E-state index contributed by atoms with van der Waals surface area (Å²) in [6, 6.07) is 13.0. The van der Waals surface area contributed by atoms with E-state index in [1.807, 2.05) is 45.9 Å². The molecule has 1 aromatic heterocycles. The first-order chi connectivity index (χ1) is 13.2. The summed E-state index contributed by atoms with van der Waals surface area (Å²) in [5.74, 6) is -0.219. The van der Waals surface area contributed by atoms with Crippen LogP contribution in [-0.2, 0) is 11.3 Å². The third-order valence-corrected chi connectivity index (χ3v) is 4.83. The van der Waals surface area contributed by atoms with Crippen molar-refractivity contribution in [3.8, 4) is 0 Å². The van der Waals surface area contributed by atoms with Crippen LogP contribution in [0, 0.1) is 6.92 Å². The van der Waals surface area contributed by atoms with Gasteiger partial charge in [-0.2, -0.15) is 0 Å². The zero-order chi connectivity index (χ0) is 20.3. The molecule has 0 fully saturated rings. The summed E-state index contributed by atoms with van der Waals surface area (Å²) in [7, 11) is 0. The lowest BCUT2D eigenvalue weighted by molar-refractivity contribution is 0.0523. The maximum atomic E-state index is 12.5. The van der Waals surface area contributed by atoms with Crippen LogP contribution < -0.4 is 10.6 Å². The van der Waals surface area contributed by atoms with E-state index in [0.717, 1.165) is 21.3 Å². The third kappa shape index (κ3) is 5.07. The number of nitrogens with one attached hydrogen (secondary N) is 2. The molecule has 3 aromatic rings. The fourth-order valence-corrected chi connectivity index (χ4v) is 3.51. The van der Waals surface area contributed by atoms with Crippen LogP contribution in [0.1, 0.15) is 42.3 Å². The van der Waals surface area contributed by atoms with E-state index in [1.54, 1.807) is 24.3 Å². The van der Waals surface area contributed by atoms with Gasteiger partial charge in [0.05, 0.1) is 10.2 Å². The molecule has 0 radical (unpaired) electrons. The Kier molecular flexibility index (Phi) is 5.65. The van der Waals surface area contributed by atoms with Gasteiger partial charge in [-0.1, -0.05) is 35.6 Å². The van der Waals surface area contributed by atoms with E-state index < -0.39 is 11.7 Å². The minimum atomic E-state index is -0.537. The van der Waals surface area contributed by atoms with Crippen molar-refractivity contribution in [2.75, 3.05) is 5.32 Å². The van der Waals surface area contributed by atoms with Gasteiger partial charge in [0.2, 0.25) is 0 Å². The number of anilines is 1. The van der Waals surface area contributed by atoms with E-state index >= 15 is 0 Å². The summed E-state index contributed by atoms with van der Waals surface area (Å²) in [6.07, 6.45) is -0.472. The second kappa shape index (κ2) is 7.98. The van der Waals surface area contributed by atoms with Crippen LogP contribution in [0.25, 0.3) is 10.2 Å². The molecule has 0 saturated heterocycles. The summed E-state index contributed by atoms with van der Waals surface area (Å²) in [5, 5.41) is 6.12. The van der Waals surface area contributed by atoms with Gasteiger partial charge >= 0.3 is 6.09 Å². The van der Waals surface area contributed by atoms with Crippen molar-refractivity contribution in [2.24, 2.45) is 0 Å². The van der Waals surface area contributed by atoms with Crippen molar-refractivity contribution in [3.63, 3.8) is 0 Å². The molecule has 2 amide bonds. The maximum Gasteiger partial charge on any atom is 0.407 e. The summed E-state index contributed by atoms with van der Waals surface area (Å²) in [6.45, 7) is 7.76. The van der Waals surface area contributed by atoms with Crippen molar-refractivity contribution in [1.29, 1.82) is 0 Å². The molecule has 1 heterocycles. The number of aryl methyl sites for hydroxylation is 1. The highest BCUT2D eigenvalue weighted by molar-refractivity contribution is 7.22. The van der Waals surface area contributed by atoms with Gasteiger partial charge in [-0.25, -0.2) is 9.78 Å². The van der Waals surface area contributed by atoms with Crippen molar-refractivity contribution in [2.45, 2.75) is 39.8 Å². The van der Waals surface area contributed by atoms with Crippen LogP contribution in [0.15, 0.2) is 42.5 Å². The first-order valence-electron chi connectivity index (χ1n) is 8.94. The van der Waals surface area contributed by atoms with Gasteiger partial charge in [0.15, 0.2) is 5.13 Å². The fourth-order valence-electron chi connectivity index (χ4n) is 2.57. The molecular formula is C21H23N3O3S. The number of hydrogen-bond donors (Lipinski definition) is 2. The Morgan fingerprint density at radius 1 is 1.11 bits per heavy atom. The van der Waals surface area contributed by atoms with E-state index in [0.29, 0.717) is 17.2 Å². The number of amides is 2. The molecule has 2 aromatic carbocycles. The summed E-state index contributed by atoms with van der Waals surface area (Å²) in [4.78, 5) is 28.7. The van der Waals surface area contributed by atoms with Gasteiger partial charge in [0.25, 0.3) is 5.91 Å². The minimum Gasteiger partial charge on any atom is -0.444 e. The zero-order valence-electron chi connectivity index (χ0n) is 16.3. The number of thiazole rings is 1. The normalized spacial score (nSPS) is 11.3. The van der Waals surface area contributed by atoms with Crippen LogP contribution in [0.3, 0.4) is 0 Å². The topological polar surface area (TPSA) is 80.3 Å². The van der Waals surface area contributed by atoms with Gasteiger partial charge in [0, 0.05) is 12.1 Å². The number of rotatable bonds is 4. The van der Waals surface area contributed by atoms with E-state index in [4.69, 9.17) is 4.74 Å². The molecule has 0 spiro atoms. The second-order valence-corrected chi connectivity index (χ2v) is 8.48. The van der Waals surface area contributed by atoms with Crippen molar-refractivity contribution < 1.29 is 14.3 Å². The van der Waals surface area contributed by atoms with Crippen molar-refractivity contribution in [3.05, 3.63) is 59.2 Å². The summed E-state index contributed by atoms with van der Waals surface area (Å²) < 4.78 is 6.24. The monoisotopic (exact) mass is 397 g/mol. The predicted octanol–water partition coefficient (Wildman–Crippen LogP) is 4.88. The van der Waals surface area contributed by atoms with Gasteiger partial charge in [0.1, 0.15) is 5.60 Å². The molecule has 0 unspecified atom stereocenters. The average molecular weight is 398 g/mol.